The number of nitrogens with two attached hydrogens (primary N) is 1. The van der Waals surface area contributed by atoms with E-state index in [9.17, 15) is 0 Å². The van der Waals surface area contributed by atoms with Crippen LogP contribution in [-0.2, 0) is 6.54 Å². The highest BCUT2D eigenvalue weighted by atomic mass is 15.0. The molecule has 0 bridgehead atoms. The largest absolute Gasteiger partial charge is 0.383 e. The van der Waals surface area contributed by atoms with Gasteiger partial charge in [-0.15, -0.1) is 0 Å². The van der Waals surface area contributed by atoms with Gasteiger partial charge in [0.2, 0.25) is 0 Å². The SMILES string of the molecule is Cc1nc(CN)cc(NCCNc2ccccc2)n1. The highest BCUT2D eigenvalue weighted by Gasteiger charge is 1.99. The Morgan fingerprint density at radius 2 is 1.79 bits per heavy atom. The first-order valence-electron chi connectivity index (χ1n) is 6.35. The van der Waals surface area contributed by atoms with Gasteiger partial charge in [0.15, 0.2) is 0 Å². The number of nitrogens with zero attached hydrogens (tertiary/aromatic N) is 2. The topological polar surface area (TPSA) is 75.9 Å². The van der Waals surface area contributed by atoms with Gasteiger partial charge in [0.25, 0.3) is 0 Å². The Hall–Kier alpha value is -2.14. The molecule has 4 N–H and O–H groups in total. The molecule has 100 valence electrons. The van der Waals surface area contributed by atoms with Crippen LogP contribution in [0, 0.1) is 6.92 Å². The highest BCUT2D eigenvalue weighted by molar-refractivity contribution is 5.43. The number of rotatable bonds is 6. The van der Waals surface area contributed by atoms with E-state index in [-0.39, 0.29) is 0 Å². The fourth-order valence-corrected chi connectivity index (χ4v) is 1.78. The number of nitrogens with one attached hydrogen (secondary N) is 2. The van der Waals surface area contributed by atoms with Gasteiger partial charge in [-0.25, -0.2) is 9.97 Å². The van der Waals surface area contributed by atoms with Gasteiger partial charge in [0, 0.05) is 31.4 Å². The average Bonchev–Trinajstić information content (AvgIpc) is 2.44. The van der Waals surface area contributed by atoms with Gasteiger partial charge in [0.1, 0.15) is 11.6 Å². The molecule has 0 unspecified atom stereocenters. The van der Waals surface area contributed by atoms with Gasteiger partial charge in [0.05, 0.1) is 5.69 Å². The van der Waals surface area contributed by atoms with Crippen molar-refractivity contribution in [2.24, 2.45) is 5.73 Å². The van der Waals surface area contributed by atoms with Crippen molar-refractivity contribution in [2.45, 2.75) is 13.5 Å². The summed E-state index contributed by atoms with van der Waals surface area (Å²) in [5.74, 6) is 1.56. The number of aryl methyl sites for hydroxylation is 1. The van der Waals surface area contributed by atoms with E-state index in [1.807, 2.05) is 43.3 Å². The normalized spacial score (nSPS) is 10.2. The molecule has 0 spiro atoms. The number of para-hydroxylation sites is 1. The van der Waals surface area contributed by atoms with Gasteiger partial charge in [-0.2, -0.15) is 0 Å². The van der Waals surface area contributed by atoms with E-state index in [4.69, 9.17) is 5.73 Å². The molecule has 0 aliphatic carbocycles. The van der Waals surface area contributed by atoms with E-state index >= 15 is 0 Å². The molecular formula is C14H19N5. The van der Waals surface area contributed by atoms with Crippen LogP contribution in [0.15, 0.2) is 36.4 Å². The Kier molecular flexibility index (Phi) is 4.69. The molecule has 0 saturated heterocycles. The summed E-state index contributed by atoms with van der Waals surface area (Å²) in [5.41, 5.74) is 7.56. The van der Waals surface area contributed by atoms with Gasteiger partial charge < -0.3 is 16.4 Å². The van der Waals surface area contributed by atoms with Crippen LogP contribution in [0.1, 0.15) is 11.5 Å². The number of hydrogen-bond donors (Lipinski definition) is 3. The summed E-state index contributed by atoms with van der Waals surface area (Å²) < 4.78 is 0. The van der Waals surface area contributed by atoms with E-state index in [0.717, 1.165) is 36.1 Å². The van der Waals surface area contributed by atoms with Gasteiger partial charge in [-0.05, 0) is 19.1 Å². The lowest BCUT2D eigenvalue weighted by atomic mass is 10.3. The number of hydrogen-bond acceptors (Lipinski definition) is 5. The molecule has 1 aromatic carbocycles. The van der Waals surface area contributed by atoms with Crippen molar-refractivity contribution < 1.29 is 0 Å². The zero-order valence-electron chi connectivity index (χ0n) is 11.1. The summed E-state index contributed by atoms with van der Waals surface area (Å²) in [6.45, 7) is 3.91. The minimum Gasteiger partial charge on any atom is -0.383 e. The highest BCUT2D eigenvalue weighted by Crippen LogP contribution is 2.06. The van der Waals surface area contributed by atoms with Crippen molar-refractivity contribution in [1.82, 2.24) is 9.97 Å². The molecule has 0 atom stereocenters. The third-order valence-corrected chi connectivity index (χ3v) is 2.63. The standard InChI is InChI=1S/C14H19N5/c1-11-18-13(10-15)9-14(19-11)17-8-7-16-12-5-3-2-4-6-12/h2-6,9,16H,7-8,10,15H2,1H3,(H,17,18,19). The first-order valence-corrected chi connectivity index (χ1v) is 6.35. The second-order valence-corrected chi connectivity index (χ2v) is 4.22. The summed E-state index contributed by atoms with van der Waals surface area (Å²) in [6.07, 6.45) is 0. The molecule has 0 amide bonds. The van der Waals surface area contributed by atoms with Gasteiger partial charge in [-0.1, -0.05) is 18.2 Å². The summed E-state index contributed by atoms with van der Waals surface area (Å²) in [4.78, 5) is 8.56. The maximum atomic E-state index is 5.59. The molecule has 2 rings (SSSR count). The van der Waals surface area contributed by atoms with Crippen LogP contribution in [0.4, 0.5) is 11.5 Å². The molecular weight excluding hydrogens is 238 g/mol. The molecule has 0 radical (unpaired) electrons. The van der Waals surface area contributed by atoms with E-state index in [2.05, 4.69) is 20.6 Å². The zero-order chi connectivity index (χ0) is 13.5. The molecule has 0 aliphatic heterocycles. The van der Waals surface area contributed by atoms with Crippen molar-refractivity contribution in [3.05, 3.63) is 47.9 Å². The van der Waals surface area contributed by atoms with Gasteiger partial charge >= 0.3 is 0 Å². The molecule has 19 heavy (non-hydrogen) atoms. The summed E-state index contributed by atoms with van der Waals surface area (Å²) in [7, 11) is 0. The maximum Gasteiger partial charge on any atom is 0.130 e. The van der Waals surface area contributed by atoms with E-state index in [1.54, 1.807) is 0 Å². The summed E-state index contributed by atoms with van der Waals surface area (Å²) in [5, 5.41) is 6.59. The van der Waals surface area contributed by atoms with Crippen molar-refractivity contribution >= 4 is 11.5 Å². The molecule has 0 saturated carbocycles. The Morgan fingerprint density at radius 1 is 1.05 bits per heavy atom. The van der Waals surface area contributed by atoms with Crippen LogP contribution in [0.2, 0.25) is 0 Å². The van der Waals surface area contributed by atoms with E-state index in [1.165, 1.54) is 0 Å². The third-order valence-electron chi connectivity index (χ3n) is 2.63. The Balaban J connectivity index is 1.81. The Morgan fingerprint density at radius 3 is 2.53 bits per heavy atom. The van der Waals surface area contributed by atoms with Crippen LogP contribution >= 0.6 is 0 Å². The Labute approximate surface area is 113 Å². The average molecular weight is 257 g/mol. The lowest BCUT2D eigenvalue weighted by molar-refractivity contribution is 0.920. The van der Waals surface area contributed by atoms with Crippen LogP contribution in [0.3, 0.4) is 0 Å². The summed E-state index contributed by atoms with van der Waals surface area (Å²) >= 11 is 0. The van der Waals surface area contributed by atoms with Gasteiger partial charge in [-0.3, -0.25) is 0 Å². The van der Waals surface area contributed by atoms with Crippen LogP contribution in [0.5, 0.6) is 0 Å². The second kappa shape index (κ2) is 6.70. The summed E-state index contributed by atoms with van der Waals surface area (Å²) in [6, 6.07) is 12.0. The predicted octanol–water partition coefficient (Wildman–Crippen LogP) is 1.77. The van der Waals surface area contributed by atoms with E-state index in [0.29, 0.717) is 6.54 Å². The van der Waals surface area contributed by atoms with Crippen molar-refractivity contribution in [2.75, 3.05) is 23.7 Å². The molecule has 1 aromatic heterocycles. The molecule has 2 aromatic rings. The zero-order valence-corrected chi connectivity index (χ0v) is 11.1. The molecule has 5 heteroatoms. The first-order chi connectivity index (χ1) is 9.28. The van der Waals surface area contributed by atoms with Crippen LogP contribution in [-0.4, -0.2) is 23.1 Å². The fourth-order valence-electron chi connectivity index (χ4n) is 1.78. The van der Waals surface area contributed by atoms with E-state index < -0.39 is 0 Å². The van der Waals surface area contributed by atoms with Crippen molar-refractivity contribution in [3.63, 3.8) is 0 Å². The Bertz CT molecular complexity index is 512. The lowest BCUT2D eigenvalue weighted by Crippen LogP contribution is -2.15. The lowest BCUT2D eigenvalue weighted by Gasteiger charge is -2.09. The maximum absolute atomic E-state index is 5.59. The molecule has 5 nitrogen and oxygen atoms in total. The fraction of sp³-hybridized carbons (Fsp3) is 0.286. The number of aromatic nitrogens is 2. The molecule has 0 fully saturated rings. The van der Waals surface area contributed by atoms with Crippen LogP contribution in [0.25, 0.3) is 0 Å². The van der Waals surface area contributed by atoms with Crippen molar-refractivity contribution in [3.8, 4) is 0 Å². The van der Waals surface area contributed by atoms with Crippen LogP contribution < -0.4 is 16.4 Å². The monoisotopic (exact) mass is 257 g/mol. The molecule has 1 heterocycles. The smallest absolute Gasteiger partial charge is 0.130 e. The second-order valence-electron chi connectivity index (χ2n) is 4.22. The quantitative estimate of drug-likeness (QED) is 0.688. The third kappa shape index (κ3) is 4.22. The minimum absolute atomic E-state index is 0.431. The minimum atomic E-state index is 0.431. The number of benzene rings is 1. The van der Waals surface area contributed by atoms with Crippen molar-refractivity contribution in [1.29, 1.82) is 0 Å². The first kappa shape index (κ1) is 13.3. The molecule has 0 aliphatic rings. The predicted molar refractivity (Wildman–Crippen MR) is 78.1 cm³/mol. The number of anilines is 2.